The number of ketones is 1. The van der Waals surface area contributed by atoms with Gasteiger partial charge < -0.3 is 9.80 Å². The van der Waals surface area contributed by atoms with E-state index < -0.39 is 0 Å². The molecule has 1 aliphatic rings. The Labute approximate surface area is 114 Å². The molecule has 0 spiro atoms. The van der Waals surface area contributed by atoms with Crippen LogP contribution in [0.2, 0.25) is 0 Å². The zero-order valence-electron chi connectivity index (χ0n) is 12.2. The third kappa shape index (κ3) is 3.22. The van der Waals surface area contributed by atoms with Crippen molar-refractivity contribution in [1.82, 2.24) is 9.97 Å². The Hall–Kier alpha value is -1.65. The molecule has 5 nitrogen and oxygen atoms in total. The Morgan fingerprint density at radius 1 is 1.32 bits per heavy atom. The predicted molar refractivity (Wildman–Crippen MR) is 76.6 cm³/mol. The van der Waals surface area contributed by atoms with Crippen molar-refractivity contribution in [3.8, 4) is 0 Å². The van der Waals surface area contributed by atoms with Crippen LogP contribution in [0.3, 0.4) is 0 Å². The average molecular weight is 262 g/mol. The molecule has 0 N–H and O–H groups in total. The lowest BCUT2D eigenvalue weighted by Gasteiger charge is -2.34. The van der Waals surface area contributed by atoms with Crippen LogP contribution in [0.5, 0.6) is 0 Å². The van der Waals surface area contributed by atoms with Crippen molar-refractivity contribution in [2.45, 2.75) is 39.2 Å². The molecule has 2 heterocycles. The topological polar surface area (TPSA) is 49.3 Å². The molecule has 1 aromatic rings. The summed E-state index contributed by atoms with van der Waals surface area (Å²) in [5, 5.41) is 0. The molecule has 0 unspecified atom stereocenters. The highest BCUT2D eigenvalue weighted by atomic mass is 16.1. The number of carbonyl (C=O) groups excluding carboxylic acids is 1. The van der Waals surface area contributed by atoms with E-state index >= 15 is 0 Å². The molecule has 104 valence electrons. The maximum atomic E-state index is 11.5. The number of nitrogens with zero attached hydrogens (tertiary/aromatic N) is 4. The fourth-order valence-corrected chi connectivity index (χ4v) is 2.07. The van der Waals surface area contributed by atoms with Crippen molar-refractivity contribution in [2.75, 3.05) is 29.9 Å². The average Bonchev–Trinajstić information content (AvgIpc) is 2.37. The Balaban J connectivity index is 2.21. The number of hydrogen-bond donors (Lipinski definition) is 0. The summed E-state index contributed by atoms with van der Waals surface area (Å²) in [6, 6.07) is 1.96. The van der Waals surface area contributed by atoms with Crippen molar-refractivity contribution in [3.05, 3.63) is 12.4 Å². The van der Waals surface area contributed by atoms with E-state index in [4.69, 9.17) is 0 Å². The first-order valence-electron chi connectivity index (χ1n) is 6.70. The van der Waals surface area contributed by atoms with Crippen LogP contribution in [0.25, 0.3) is 0 Å². The SMILES string of the molecule is CN(c1cc(N2CCCC(=O)C2)ncn1)C(C)(C)C. The maximum Gasteiger partial charge on any atom is 0.152 e. The summed E-state index contributed by atoms with van der Waals surface area (Å²) in [4.78, 5) is 24.3. The molecule has 5 heteroatoms. The Morgan fingerprint density at radius 3 is 2.68 bits per heavy atom. The molecule has 0 aliphatic carbocycles. The summed E-state index contributed by atoms with van der Waals surface area (Å²) in [5.74, 6) is 2.01. The van der Waals surface area contributed by atoms with Crippen LogP contribution in [0.4, 0.5) is 11.6 Å². The quantitative estimate of drug-likeness (QED) is 0.814. The molecule has 0 aromatic carbocycles. The van der Waals surface area contributed by atoms with Gasteiger partial charge in [0.15, 0.2) is 5.78 Å². The second kappa shape index (κ2) is 5.15. The van der Waals surface area contributed by atoms with Crippen LogP contribution >= 0.6 is 0 Å². The molecule has 1 aliphatic heterocycles. The molecule has 1 saturated heterocycles. The normalized spacial score (nSPS) is 16.6. The minimum Gasteiger partial charge on any atom is -0.355 e. The molecule has 1 aromatic heterocycles. The van der Waals surface area contributed by atoms with Crippen molar-refractivity contribution in [1.29, 1.82) is 0 Å². The van der Waals surface area contributed by atoms with Gasteiger partial charge in [0.05, 0.1) is 6.54 Å². The lowest BCUT2D eigenvalue weighted by molar-refractivity contribution is -0.118. The summed E-state index contributed by atoms with van der Waals surface area (Å²) in [6.45, 7) is 7.77. The van der Waals surface area contributed by atoms with E-state index in [9.17, 15) is 4.79 Å². The highest BCUT2D eigenvalue weighted by Gasteiger charge is 2.22. The number of rotatable bonds is 2. The van der Waals surface area contributed by atoms with Crippen LogP contribution in [0, 0.1) is 0 Å². The molecular formula is C14H22N4O. The zero-order valence-corrected chi connectivity index (χ0v) is 12.2. The van der Waals surface area contributed by atoms with Gasteiger partial charge in [-0.15, -0.1) is 0 Å². The highest BCUT2D eigenvalue weighted by molar-refractivity contribution is 5.84. The van der Waals surface area contributed by atoms with Crippen LogP contribution in [0.1, 0.15) is 33.6 Å². The molecule has 0 bridgehead atoms. The van der Waals surface area contributed by atoms with E-state index in [1.165, 1.54) is 0 Å². The molecule has 0 atom stereocenters. The second-order valence-electron chi connectivity index (χ2n) is 6.03. The number of aromatic nitrogens is 2. The zero-order chi connectivity index (χ0) is 14.0. The predicted octanol–water partition coefficient (Wildman–Crippen LogP) is 1.88. The minimum absolute atomic E-state index is 0.00331. The number of piperidine rings is 1. The highest BCUT2D eigenvalue weighted by Crippen LogP contribution is 2.23. The van der Waals surface area contributed by atoms with E-state index in [-0.39, 0.29) is 11.3 Å². The van der Waals surface area contributed by atoms with Gasteiger partial charge >= 0.3 is 0 Å². The first-order chi connectivity index (χ1) is 8.88. The first-order valence-corrected chi connectivity index (χ1v) is 6.70. The van der Waals surface area contributed by atoms with E-state index in [0.717, 1.165) is 24.6 Å². The van der Waals surface area contributed by atoms with Gasteiger partial charge in [-0.1, -0.05) is 0 Å². The summed E-state index contributed by atoms with van der Waals surface area (Å²) in [6.07, 6.45) is 3.18. The number of hydrogen-bond acceptors (Lipinski definition) is 5. The Morgan fingerprint density at radius 2 is 2.05 bits per heavy atom. The van der Waals surface area contributed by atoms with Crippen LogP contribution in [-0.2, 0) is 4.79 Å². The summed E-state index contributed by atoms with van der Waals surface area (Å²) >= 11 is 0. The van der Waals surface area contributed by atoms with Gasteiger partial charge in [0.2, 0.25) is 0 Å². The molecule has 0 amide bonds. The van der Waals surface area contributed by atoms with Crippen LogP contribution in [0.15, 0.2) is 12.4 Å². The third-order valence-corrected chi connectivity index (χ3v) is 3.56. The largest absolute Gasteiger partial charge is 0.355 e. The summed E-state index contributed by atoms with van der Waals surface area (Å²) in [7, 11) is 2.02. The minimum atomic E-state index is 0.00331. The van der Waals surface area contributed by atoms with Crippen molar-refractivity contribution >= 4 is 17.4 Å². The number of Topliss-reactive ketones (excluding diaryl/α,β-unsaturated/α-hetero) is 1. The van der Waals surface area contributed by atoms with Crippen LogP contribution in [-0.4, -0.2) is 41.4 Å². The monoisotopic (exact) mass is 262 g/mol. The lowest BCUT2D eigenvalue weighted by Crippen LogP contribution is -2.39. The maximum absolute atomic E-state index is 11.5. The molecular weight excluding hydrogens is 240 g/mol. The Kier molecular flexibility index (Phi) is 3.73. The smallest absolute Gasteiger partial charge is 0.152 e. The van der Waals surface area contributed by atoms with Crippen LogP contribution < -0.4 is 9.80 Å². The lowest BCUT2D eigenvalue weighted by atomic mass is 10.1. The van der Waals surface area contributed by atoms with Gasteiger partial charge in [0, 0.05) is 31.6 Å². The van der Waals surface area contributed by atoms with Crippen molar-refractivity contribution in [2.24, 2.45) is 0 Å². The molecule has 19 heavy (non-hydrogen) atoms. The van der Waals surface area contributed by atoms with Gasteiger partial charge in [-0.2, -0.15) is 0 Å². The molecule has 2 rings (SSSR count). The van der Waals surface area contributed by atoms with E-state index in [1.807, 2.05) is 18.0 Å². The second-order valence-corrected chi connectivity index (χ2v) is 6.03. The van der Waals surface area contributed by atoms with Gasteiger partial charge in [0.25, 0.3) is 0 Å². The fourth-order valence-electron chi connectivity index (χ4n) is 2.07. The van der Waals surface area contributed by atoms with E-state index in [1.54, 1.807) is 6.33 Å². The standard InChI is InChI=1S/C14H22N4O/c1-14(2,3)17(4)12-8-13(16-10-15-12)18-7-5-6-11(19)9-18/h8,10H,5-7,9H2,1-4H3. The van der Waals surface area contributed by atoms with E-state index in [0.29, 0.717) is 13.0 Å². The third-order valence-electron chi connectivity index (χ3n) is 3.56. The van der Waals surface area contributed by atoms with Gasteiger partial charge in [-0.25, -0.2) is 9.97 Å². The van der Waals surface area contributed by atoms with Crippen molar-refractivity contribution < 1.29 is 4.79 Å². The van der Waals surface area contributed by atoms with Crippen molar-refractivity contribution in [3.63, 3.8) is 0 Å². The summed E-state index contributed by atoms with van der Waals surface area (Å²) in [5.41, 5.74) is 0.00331. The van der Waals surface area contributed by atoms with E-state index in [2.05, 4.69) is 35.6 Å². The van der Waals surface area contributed by atoms with Gasteiger partial charge in [-0.3, -0.25) is 4.79 Å². The Bertz CT molecular complexity index is 467. The van der Waals surface area contributed by atoms with Gasteiger partial charge in [0.1, 0.15) is 18.0 Å². The first kappa shape index (κ1) is 13.8. The number of anilines is 2. The number of carbonyl (C=O) groups is 1. The molecule has 0 saturated carbocycles. The summed E-state index contributed by atoms with van der Waals surface area (Å²) < 4.78 is 0. The van der Waals surface area contributed by atoms with Gasteiger partial charge in [-0.05, 0) is 27.2 Å². The fraction of sp³-hybridized carbons (Fsp3) is 0.643. The molecule has 0 radical (unpaired) electrons. The molecule has 1 fully saturated rings.